The molecule has 1 N–H and O–H groups in total. The number of aryl methyl sites for hydroxylation is 1. The van der Waals surface area contributed by atoms with E-state index in [1.807, 2.05) is 12.1 Å². The van der Waals surface area contributed by atoms with Crippen LogP contribution in [-0.2, 0) is 17.7 Å². The summed E-state index contributed by atoms with van der Waals surface area (Å²) in [5, 5.41) is 3.03. The highest BCUT2D eigenvalue weighted by atomic mass is 19.4. The molecule has 0 bridgehead atoms. The second-order valence-corrected chi connectivity index (χ2v) is 4.01. The fraction of sp³-hybridized carbons (Fsp3) is 0.538. The number of ether oxygens (including phenoxy) is 1. The molecule has 5 heteroatoms. The molecule has 1 aromatic carbocycles. The Morgan fingerprint density at radius 2 is 1.72 bits per heavy atom. The lowest BCUT2D eigenvalue weighted by atomic mass is 10.1. The zero-order valence-corrected chi connectivity index (χ0v) is 10.4. The third-order valence-electron chi connectivity index (χ3n) is 2.45. The summed E-state index contributed by atoms with van der Waals surface area (Å²) in [6.45, 7) is 2.02. The summed E-state index contributed by atoms with van der Waals surface area (Å²) in [5.74, 6) is 0. The molecule has 0 aliphatic carbocycles. The first-order valence-electron chi connectivity index (χ1n) is 5.94. The van der Waals surface area contributed by atoms with Gasteiger partial charge in [-0.25, -0.2) is 0 Å². The molecular weight excluding hydrogens is 243 g/mol. The monoisotopic (exact) mass is 261 g/mol. The van der Waals surface area contributed by atoms with E-state index in [4.69, 9.17) is 0 Å². The molecule has 0 aliphatic rings. The minimum Gasteiger partial charge on any atom is -0.371 e. The smallest absolute Gasteiger partial charge is 0.371 e. The average molecular weight is 261 g/mol. The lowest BCUT2D eigenvalue weighted by Gasteiger charge is -2.08. The van der Waals surface area contributed by atoms with E-state index in [0.717, 1.165) is 12.0 Å². The van der Waals surface area contributed by atoms with Crippen molar-refractivity contribution in [1.29, 1.82) is 0 Å². The maximum Gasteiger partial charge on any atom is 0.411 e. The van der Waals surface area contributed by atoms with Crippen molar-refractivity contribution >= 4 is 0 Å². The SMILES string of the molecule is CCc1ccc(CNCCOCC(F)(F)F)cc1. The molecule has 0 fully saturated rings. The van der Waals surface area contributed by atoms with Crippen molar-refractivity contribution in [3.63, 3.8) is 0 Å². The summed E-state index contributed by atoms with van der Waals surface area (Å²) >= 11 is 0. The number of benzene rings is 1. The number of halogens is 3. The molecule has 0 saturated heterocycles. The molecule has 0 aliphatic heterocycles. The van der Waals surface area contributed by atoms with Crippen LogP contribution in [0.5, 0.6) is 0 Å². The van der Waals surface area contributed by atoms with Gasteiger partial charge in [-0.1, -0.05) is 31.2 Å². The number of hydrogen-bond donors (Lipinski definition) is 1. The van der Waals surface area contributed by atoms with E-state index in [1.54, 1.807) is 0 Å². The van der Waals surface area contributed by atoms with E-state index < -0.39 is 12.8 Å². The molecular formula is C13H18F3NO. The van der Waals surface area contributed by atoms with Gasteiger partial charge in [-0.05, 0) is 17.5 Å². The lowest BCUT2D eigenvalue weighted by Crippen LogP contribution is -2.23. The van der Waals surface area contributed by atoms with Crippen LogP contribution in [0.4, 0.5) is 13.2 Å². The molecule has 0 amide bonds. The van der Waals surface area contributed by atoms with Crippen LogP contribution in [0.3, 0.4) is 0 Å². The highest BCUT2D eigenvalue weighted by Gasteiger charge is 2.27. The maximum absolute atomic E-state index is 11.8. The number of rotatable bonds is 7. The van der Waals surface area contributed by atoms with E-state index in [2.05, 4.69) is 29.1 Å². The van der Waals surface area contributed by atoms with Gasteiger partial charge in [0.05, 0.1) is 6.61 Å². The first-order valence-corrected chi connectivity index (χ1v) is 5.94. The topological polar surface area (TPSA) is 21.3 Å². The van der Waals surface area contributed by atoms with Gasteiger partial charge in [0, 0.05) is 13.1 Å². The van der Waals surface area contributed by atoms with Crippen LogP contribution in [0.15, 0.2) is 24.3 Å². The molecule has 18 heavy (non-hydrogen) atoms. The summed E-state index contributed by atoms with van der Waals surface area (Å²) in [6, 6.07) is 8.14. The third kappa shape index (κ3) is 6.61. The van der Waals surface area contributed by atoms with Gasteiger partial charge in [-0.15, -0.1) is 0 Å². The molecule has 1 aromatic rings. The maximum atomic E-state index is 11.8. The summed E-state index contributed by atoms with van der Waals surface area (Å²) in [5.41, 5.74) is 2.38. The molecule has 0 atom stereocenters. The second kappa shape index (κ2) is 7.38. The van der Waals surface area contributed by atoms with Gasteiger partial charge in [0.1, 0.15) is 6.61 Å². The largest absolute Gasteiger partial charge is 0.411 e. The van der Waals surface area contributed by atoms with Gasteiger partial charge in [-0.3, -0.25) is 0 Å². The standard InChI is InChI=1S/C13H18F3NO/c1-2-11-3-5-12(6-4-11)9-17-7-8-18-10-13(14,15)16/h3-6,17H,2,7-10H2,1H3. The molecule has 0 heterocycles. The molecule has 1 rings (SSSR count). The van der Waals surface area contributed by atoms with Crippen LogP contribution in [-0.4, -0.2) is 25.9 Å². The highest BCUT2D eigenvalue weighted by Crippen LogP contribution is 2.13. The Kier molecular flexibility index (Phi) is 6.15. The fourth-order valence-electron chi connectivity index (χ4n) is 1.46. The van der Waals surface area contributed by atoms with Crippen molar-refractivity contribution in [2.75, 3.05) is 19.8 Å². The Balaban J connectivity index is 2.10. The Morgan fingerprint density at radius 1 is 1.11 bits per heavy atom. The first kappa shape index (κ1) is 15.0. The van der Waals surface area contributed by atoms with Gasteiger partial charge in [0.15, 0.2) is 0 Å². The summed E-state index contributed by atoms with van der Waals surface area (Å²) in [7, 11) is 0. The number of hydrogen-bond acceptors (Lipinski definition) is 2. The zero-order chi connectivity index (χ0) is 13.4. The quantitative estimate of drug-likeness (QED) is 0.762. The predicted molar refractivity (Wildman–Crippen MR) is 64.4 cm³/mol. The van der Waals surface area contributed by atoms with Gasteiger partial charge in [-0.2, -0.15) is 13.2 Å². The zero-order valence-electron chi connectivity index (χ0n) is 10.4. The van der Waals surface area contributed by atoms with Gasteiger partial charge in [0.25, 0.3) is 0 Å². The Bertz CT molecular complexity index is 335. The number of alkyl halides is 3. The van der Waals surface area contributed by atoms with Crippen LogP contribution in [0.1, 0.15) is 18.1 Å². The highest BCUT2D eigenvalue weighted by molar-refractivity contribution is 5.22. The van der Waals surface area contributed by atoms with Crippen molar-refractivity contribution in [1.82, 2.24) is 5.32 Å². The van der Waals surface area contributed by atoms with Crippen molar-refractivity contribution in [2.24, 2.45) is 0 Å². The normalized spacial score (nSPS) is 11.8. The van der Waals surface area contributed by atoms with Crippen LogP contribution in [0.2, 0.25) is 0 Å². The van der Waals surface area contributed by atoms with Crippen molar-refractivity contribution < 1.29 is 17.9 Å². The molecule has 2 nitrogen and oxygen atoms in total. The van der Waals surface area contributed by atoms with Gasteiger partial charge < -0.3 is 10.1 Å². The van der Waals surface area contributed by atoms with E-state index in [9.17, 15) is 13.2 Å². The third-order valence-corrected chi connectivity index (χ3v) is 2.45. The Morgan fingerprint density at radius 3 is 2.28 bits per heavy atom. The lowest BCUT2D eigenvalue weighted by molar-refractivity contribution is -0.173. The minimum absolute atomic E-state index is 0.0621. The molecule has 0 unspecified atom stereocenters. The Hall–Kier alpha value is -1.07. The van der Waals surface area contributed by atoms with Crippen molar-refractivity contribution in [2.45, 2.75) is 26.1 Å². The van der Waals surface area contributed by atoms with Crippen molar-refractivity contribution in [3.05, 3.63) is 35.4 Å². The van der Waals surface area contributed by atoms with Gasteiger partial charge in [0.2, 0.25) is 0 Å². The van der Waals surface area contributed by atoms with Crippen molar-refractivity contribution in [3.8, 4) is 0 Å². The summed E-state index contributed by atoms with van der Waals surface area (Å²) in [4.78, 5) is 0. The van der Waals surface area contributed by atoms with Crippen LogP contribution < -0.4 is 5.32 Å². The fourth-order valence-corrected chi connectivity index (χ4v) is 1.46. The van der Waals surface area contributed by atoms with E-state index in [1.165, 1.54) is 5.56 Å². The van der Waals surface area contributed by atoms with Gasteiger partial charge >= 0.3 is 6.18 Å². The minimum atomic E-state index is -4.24. The molecule has 0 aromatic heterocycles. The van der Waals surface area contributed by atoms with Crippen LogP contribution >= 0.6 is 0 Å². The summed E-state index contributed by atoms with van der Waals surface area (Å²) < 4.78 is 39.8. The second-order valence-electron chi connectivity index (χ2n) is 4.01. The van der Waals surface area contributed by atoms with E-state index in [0.29, 0.717) is 13.1 Å². The predicted octanol–water partition coefficient (Wildman–Crippen LogP) is 2.92. The first-order chi connectivity index (χ1) is 8.51. The van der Waals surface area contributed by atoms with E-state index in [-0.39, 0.29) is 6.61 Å². The molecule has 0 radical (unpaired) electrons. The molecule has 0 spiro atoms. The Labute approximate surface area is 105 Å². The summed E-state index contributed by atoms with van der Waals surface area (Å²) in [6.07, 6.45) is -3.24. The van der Waals surface area contributed by atoms with E-state index >= 15 is 0 Å². The average Bonchev–Trinajstić information content (AvgIpc) is 2.33. The number of nitrogens with one attached hydrogen (secondary N) is 1. The van der Waals surface area contributed by atoms with Crippen LogP contribution in [0.25, 0.3) is 0 Å². The molecule has 0 saturated carbocycles. The van der Waals surface area contributed by atoms with Crippen LogP contribution in [0, 0.1) is 0 Å². The molecule has 102 valence electrons.